The lowest BCUT2D eigenvalue weighted by Crippen LogP contribution is -2.05. The Balaban J connectivity index is 1.54. The Labute approximate surface area is 188 Å². The summed E-state index contributed by atoms with van der Waals surface area (Å²) in [5.41, 5.74) is 4.36. The van der Waals surface area contributed by atoms with Crippen molar-refractivity contribution in [2.24, 2.45) is 0 Å². The number of hydrogen-bond acceptors (Lipinski definition) is 5. The van der Waals surface area contributed by atoms with E-state index in [1.807, 2.05) is 29.8 Å². The van der Waals surface area contributed by atoms with E-state index in [1.54, 1.807) is 0 Å². The van der Waals surface area contributed by atoms with E-state index in [0.29, 0.717) is 5.82 Å². The molecule has 32 heavy (non-hydrogen) atoms. The van der Waals surface area contributed by atoms with Crippen molar-refractivity contribution < 1.29 is 0 Å². The van der Waals surface area contributed by atoms with Crippen LogP contribution in [0.25, 0.3) is 22.5 Å². The molecule has 164 valence electrons. The van der Waals surface area contributed by atoms with Gasteiger partial charge in [-0.2, -0.15) is 10.3 Å². The number of H-pyrrole nitrogens is 1. The lowest BCUT2D eigenvalue weighted by atomic mass is 9.98. The number of unbranched alkanes of at least 4 members (excludes halogenated alkanes) is 2. The molecular weight excluding hydrogens is 398 g/mol. The number of hydrogen-bond donors (Lipinski definition) is 1. The molecular formula is C25H29N7. The third-order valence-corrected chi connectivity index (χ3v) is 5.45. The number of aryl methyl sites for hydroxylation is 1. The first-order valence-electron chi connectivity index (χ1n) is 11.2. The minimum Gasteiger partial charge on any atom is -0.246 e. The first-order valence-corrected chi connectivity index (χ1v) is 11.2. The molecule has 0 unspecified atom stereocenters. The summed E-state index contributed by atoms with van der Waals surface area (Å²) in [5.74, 6) is 2.55. The van der Waals surface area contributed by atoms with Gasteiger partial charge < -0.3 is 0 Å². The molecule has 7 nitrogen and oxygen atoms in total. The van der Waals surface area contributed by atoms with Crippen LogP contribution in [0.2, 0.25) is 0 Å². The Bertz CT molecular complexity index is 1140. The third kappa shape index (κ3) is 5.17. The molecule has 4 aromatic rings. The summed E-state index contributed by atoms with van der Waals surface area (Å²) in [6.07, 6.45) is 9.42. The normalized spacial score (nSPS) is 11.4. The number of nitrogens with one attached hydrogen (secondary N) is 1. The number of aromatic nitrogens is 7. The Kier molecular flexibility index (Phi) is 7.17. The number of benzene rings is 2. The highest BCUT2D eigenvalue weighted by molar-refractivity contribution is 5.80. The van der Waals surface area contributed by atoms with Crippen molar-refractivity contribution in [3.8, 4) is 22.5 Å². The van der Waals surface area contributed by atoms with Gasteiger partial charge in [0, 0.05) is 18.4 Å². The molecule has 0 aliphatic heterocycles. The Morgan fingerprint density at radius 3 is 2.53 bits per heavy atom. The Morgan fingerprint density at radius 1 is 1.00 bits per heavy atom. The zero-order valence-corrected chi connectivity index (χ0v) is 18.7. The summed E-state index contributed by atoms with van der Waals surface area (Å²) in [7, 11) is 0. The molecule has 0 radical (unpaired) electrons. The van der Waals surface area contributed by atoms with Gasteiger partial charge in [0.1, 0.15) is 5.82 Å². The molecule has 7 heteroatoms. The SMILES string of the molecule is CC=CCn1nc(CCCCC)nc1Cc1ccc(-c2ccccc2-c2nn[nH]n2)cc1. The largest absolute Gasteiger partial charge is 0.246 e. The van der Waals surface area contributed by atoms with Crippen LogP contribution in [0.5, 0.6) is 0 Å². The molecule has 0 saturated carbocycles. The predicted molar refractivity (Wildman–Crippen MR) is 126 cm³/mol. The van der Waals surface area contributed by atoms with Gasteiger partial charge >= 0.3 is 0 Å². The number of rotatable bonds is 10. The van der Waals surface area contributed by atoms with E-state index in [-0.39, 0.29) is 0 Å². The molecule has 0 aliphatic rings. The number of allylic oxidation sites excluding steroid dienone is 2. The minimum atomic E-state index is 0.595. The van der Waals surface area contributed by atoms with Gasteiger partial charge in [0.05, 0.1) is 6.54 Å². The molecule has 0 amide bonds. The van der Waals surface area contributed by atoms with E-state index >= 15 is 0 Å². The van der Waals surface area contributed by atoms with Gasteiger partial charge in [-0.1, -0.05) is 80.4 Å². The van der Waals surface area contributed by atoms with Gasteiger partial charge in [0.15, 0.2) is 5.82 Å². The number of aromatic amines is 1. The second-order valence-electron chi connectivity index (χ2n) is 7.81. The number of nitrogens with zero attached hydrogens (tertiary/aromatic N) is 6. The summed E-state index contributed by atoms with van der Waals surface area (Å²) < 4.78 is 2.03. The van der Waals surface area contributed by atoms with E-state index in [2.05, 4.69) is 70.0 Å². The average Bonchev–Trinajstić information content (AvgIpc) is 3.49. The van der Waals surface area contributed by atoms with Gasteiger partial charge in [-0.3, -0.25) is 0 Å². The molecule has 0 fully saturated rings. The highest BCUT2D eigenvalue weighted by Gasteiger charge is 2.12. The highest BCUT2D eigenvalue weighted by atomic mass is 15.5. The van der Waals surface area contributed by atoms with Crippen molar-refractivity contribution >= 4 is 0 Å². The molecule has 4 rings (SSSR count). The van der Waals surface area contributed by atoms with Crippen LogP contribution in [0.15, 0.2) is 60.7 Å². The van der Waals surface area contributed by atoms with E-state index < -0.39 is 0 Å². The molecule has 0 bridgehead atoms. The predicted octanol–water partition coefficient (Wildman–Crippen LogP) is 5.02. The fourth-order valence-electron chi connectivity index (χ4n) is 3.74. The lowest BCUT2D eigenvalue weighted by Gasteiger charge is -2.08. The van der Waals surface area contributed by atoms with Crippen molar-refractivity contribution in [3.05, 3.63) is 77.9 Å². The maximum atomic E-state index is 4.85. The zero-order valence-electron chi connectivity index (χ0n) is 18.7. The van der Waals surface area contributed by atoms with E-state index in [0.717, 1.165) is 54.1 Å². The van der Waals surface area contributed by atoms with Crippen LogP contribution in [-0.2, 0) is 19.4 Å². The van der Waals surface area contributed by atoms with Crippen molar-refractivity contribution in [2.75, 3.05) is 0 Å². The second-order valence-corrected chi connectivity index (χ2v) is 7.81. The minimum absolute atomic E-state index is 0.595. The van der Waals surface area contributed by atoms with Gasteiger partial charge in [0.2, 0.25) is 5.82 Å². The first kappa shape index (κ1) is 21.6. The van der Waals surface area contributed by atoms with Crippen LogP contribution in [0.1, 0.15) is 50.3 Å². The molecule has 0 saturated heterocycles. The average molecular weight is 428 g/mol. The molecule has 0 atom stereocenters. The van der Waals surface area contributed by atoms with Crippen molar-refractivity contribution in [1.29, 1.82) is 0 Å². The standard InChI is InChI=1S/C25H29N7/c1-3-5-7-12-23-26-24(32(29-23)17-6-4-2)18-19-13-15-20(16-14-19)21-10-8-9-11-22(21)25-27-30-31-28-25/h4,6,8-11,13-16H,3,5,7,12,17-18H2,1-2H3,(H,27,28,30,31). The van der Waals surface area contributed by atoms with E-state index in [9.17, 15) is 0 Å². The van der Waals surface area contributed by atoms with E-state index in [4.69, 9.17) is 10.1 Å². The highest BCUT2D eigenvalue weighted by Crippen LogP contribution is 2.30. The van der Waals surface area contributed by atoms with Gasteiger partial charge in [-0.25, -0.2) is 9.67 Å². The summed E-state index contributed by atoms with van der Waals surface area (Å²) in [4.78, 5) is 4.85. The quantitative estimate of drug-likeness (QED) is 0.284. The lowest BCUT2D eigenvalue weighted by molar-refractivity contribution is 0.640. The Hall–Kier alpha value is -3.61. The number of tetrazole rings is 1. The second kappa shape index (κ2) is 10.6. The van der Waals surface area contributed by atoms with Crippen molar-refractivity contribution in [3.63, 3.8) is 0 Å². The van der Waals surface area contributed by atoms with Crippen LogP contribution >= 0.6 is 0 Å². The first-order chi connectivity index (χ1) is 15.8. The van der Waals surface area contributed by atoms with Crippen LogP contribution in [-0.4, -0.2) is 35.4 Å². The maximum Gasteiger partial charge on any atom is 0.205 e. The summed E-state index contributed by atoms with van der Waals surface area (Å²) >= 11 is 0. The fraction of sp³-hybridized carbons (Fsp3) is 0.320. The smallest absolute Gasteiger partial charge is 0.205 e. The van der Waals surface area contributed by atoms with Crippen molar-refractivity contribution in [1.82, 2.24) is 35.4 Å². The Morgan fingerprint density at radius 2 is 1.81 bits per heavy atom. The zero-order chi connectivity index (χ0) is 22.2. The molecule has 1 N–H and O–H groups in total. The topological polar surface area (TPSA) is 85.2 Å². The molecule has 0 spiro atoms. The van der Waals surface area contributed by atoms with Gasteiger partial charge in [0.25, 0.3) is 0 Å². The summed E-state index contributed by atoms with van der Waals surface area (Å²) in [5, 5.41) is 19.3. The van der Waals surface area contributed by atoms with Crippen LogP contribution in [0.4, 0.5) is 0 Å². The van der Waals surface area contributed by atoms with Crippen LogP contribution in [0.3, 0.4) is 0 Å². The maximum absolute atomic E-state index is 4.85. The van der Waals surface area contributed by atoms with Crippen LogP contribution < -0.4 is 0 Å². The summed E-state index contributed by atoms with van der Waals surface area (Å²) in [6, 6.07) is 16.7. The van der Waals surface area contributed by atoms with Gasteiger partial charge in [-0.05, 0) is 35.2 Å². The third-order valence-electron chi connectivity index (χ3n) is 5.45. The monoisotopic (exact) mass is 427 g/mol. The molecule has 2 aromatic carbocycles. The summed E-state index contributed by atoms with van der Waals surface area (Å²) in [6.45, 7) is 5.00. The fourth-order valence-corrected chi connectivity index (χ4v) is 3.74. The van der Waals surface area contributed by atoms with Gasteiger partial charge in [-0.15, -0.1) is 10.2 Å². The molecule has 2 heterocycles. The van der Waals surface area contributed by atoms with Crippen LogP contribution in [0, 0.1) is 0 Å². The molecule has 0 aliphatic carbocycles. The van der Waals surface area contributed by atoms with Crippen molar-refractivity contribution in [2.45, 2.75) is 52.5 Å². The van der Waals surface area contributed by atoms with E-state index in [1.165, 1.54) is 18.4 Å². The molecule has 2 aromatic heterocycles.